The minimum Gasteiger partial charge on any atom is -0.394 e. The van der Waals surface area contributed by atoms with E-state index in [0.29, 0.717) is 24.5 Å². The summed E-state index contributed by atoms with van der Waals surface area (Å²) in [4.78, 5) is 0. The van der Waals surface area contributed by atoms with Gasteiger partial charge in [0.25, 0.3) is 0 Å². The maximum absolute atomic E-state index is 9.40. The van der Waals surface area contributed by atoms with Gasteiger partial charge in [-0.1, -0.05) is 27.2 Å². The van der Waals surface area contributed by atoms with E-state index >= 15 is 0 Å². The molecule has 4 atom stereocenters. The van der Waals surface area contributed by atoms with Crippen molar-refractivity contribution >= 4 is 0 Å². The van der Waals surface area contributed by atoms with E-state index in [1.807, 2.05) is 14.0 Å². The first kappa shape index (κ1) is 15.9. The molecule has 0 aliphatic heterocycles. The Morgan fingerprint density at radius 1 is 1.39 bits per heavy atom. The quantitative estimate of drug-likeness (QED) is 0.768. The van der Waals surface area contributed by atoms with Crippen molar-refractivity contribution in [3.8, 4) is 0 Å². The van der Waals surface area contributed by atoms with Crippen molar-refractivity contribution in [2.75, 3.05) is 20.3 Å². The van der Waals surface area contributed by atoms with E-state index in [1.54, 1.807) is 0 Å². The van der Waals surface area contributed by atoms with Gasteiger partial charge in [-0.15, -0.1) is 0 Å². The summed E-state index contributed by atoms with van der Waals surface area (Å²) in [5.74, 6) is 2.11. The van der Waals surface area contributed by atoms with Gasteiger partial charge in [-0.05, 0) is 44.6 Å². The molecule has 1 rings (SSSR count). The summed E-state index contributed by atoms with van der Waals surface area (Å²) in [6.07, 6.45) is 4.12. The van der Waals surface area contributed by atoms with Crippen LogP contribution in [0.15, 0.2) is 0 Å². The predicted molar refractivity (Wildman–Crippen MR) is 75.6 cm³/mol. The molecule has 3 heteroatoms. The van der Waals surface area contributed by atoms with Crippen molar-refractivity contribution < 1.29 is 9.84 Å². The fourth-order valence-electron chi connectivity index (χ4n) is 2.79. The van der Waals surface area contributed by atoms with Crippen LogP contribution in [0.1, 0.15) is 47.0 Å². The molecular formula is C15H31NO2. The van der Waals surface area contributed by atoms with E-state index < -0.39 is 0 Å². The zero-order chi connectivity index (χ0) is 13.8. The molecule has 1 aliphatic carbocycles. The molecule has 0 saturated heterocycles. The summed E-state index contributed by atoms with van der Waals surface area (Å²) in [5.41, 5.74) is -0.317. The molecule has 1 aliphatic rings. The van der Waals surface area contributed by atoms with Gasteiger partial charge in [0.1, 0.15) is 0 Å². The van der Waals surface area contributed by atoms with Crippen LogP contribution < -0.4 is 5.32 Å². The van der Waals surface area contributed by atoms with Gasteiger partial charge in [0.05, 0.1) is 24.9 Å². The Hall–Kier alpha value is -0.120. The van der Waals surface area contributed by atoms with Crippen molar-refractivity contribution in [1.29, 1.82) is 0 Å². The fourth-order valence-corrected chi connectivity index (χ4v) is 2.79. The SMILES string of the molecule is CNC(C)(CO)COC1CC(C)CCC1C(C)C. The molecule has 0 aromatic rings. The Kier molecular flexibility index (Phi) is 6.09. The van der Waals surface area contributed by atoms with Crippen LogP contribution in [0.5, 0.6) is 0 Å². The molecule has 0 bridgehead atoms. The van der Waals surface area contributed by atoms with Crippen LogP contribution in [0, 0.1) is 17.8 Å². The Morgan fingerprint density at radius 3 is 2.56 bits per heavy atom. The van der Waals surface area contributed by atoms with Crippen LogP contribution in [0.4, 0.5) is 0 Å². The monoisotopic (exact) mass is 257 g/mol. The van der Waals surface area contributed by atoms with Crippen molar-refractivity contribution in [2.45, 2.75) is 58.6 Å². The van der Waals surface area contributed by atoms with Crippen LogP contribution >= 0.6 is 0 Å². The number of aliphatic hydroxyl groups is 1. The van der Waals surface area contributed by atoms with Gasteiger partial charge in [-0.25, -0.2) is 0 Å². The topological polar surface area (TPSA) is 41.5 Å². The molecule has 0 aromatic carbocycles. The predicted octanol–water partition coefficient (Wildman–Crippen LogP) is 2.43. The average molecular weight is 257 g/mol. The normalized spacial score (nSPS) is 32.5. The Balaban J connectivity index is 2.55. The van der Waals surface area contributed by atoms with E-state index in [9.17, 15) is 5.11 Å². The zero-order valence-corrected chi connectivity index (χ0v) is 12.7. The van der Waals surface area contributed by atoms with E-state index in [-0.39, 0.29) is 12.1 Å². The molecule has 18 heavy (non-hydrogen) atoms. The van der Waals surface area contributed by atoms with Crippen LogP contribution in [-0.2, 0) is 4.74 Å². The van der Waals surface area contributed by atoms with Gasteiger partial charge in [0.2, 0.25) is 0 Å². The molecular weight excluding hydrogens is 226 g/mol. The zero-order valence-electron chi connectivity index (χ0n) is 12.7. The molecule has 108 valence electrons. The van der Waals surface area contributed by atoms with Crippen LogP contribution in [0.25, 0.3) is 0 Å². The lowest BCUT2D eigenvalue weighted by molar-refractivity contribution is -0.0650. The molecule has 3 nitrogen and oxygen atoms in total. The van der Waals surface area contributed by atoms with Gasteiger partial charge in [-0.2, -0.15) is 0 Å². The number of aliphatic hydroxyl groups excluding tert-OH is 1. The van der Waals surface area contributed by atoms with E-state index in [1.165, 1.54) is 12.8 Å². The third kappa shape index (κ3) is 4.22. The summed E-state index contributed by atoms with van der Waals surface area (Å²) in [7, 11) is 1.88. The fraction of sp³-hybridized carbons (Fsp3) is 1.00. The second kappa shape index (κ2) is 6.88. The Bertz CT molecular complexity index is 239. The highest BCUT2D eigenvalue weighted by Gasteiger charge is 2.33. The molecule has 2 N–H and O–H groups in total. The highest BCUT2D eigenvalue weighted by molar-refractivity contribution is 4.85. The largest absolute Gasteiger partial charge is 0.394 e. The summed E-state index contributed by atoms with van der Waals surface area (Å²) in [6, 6.07) is 0. The average Bonchev–Trinajstić information content (AvgIpc) is 2.35. The third-order valence-electron chi connectivity index (χ3n) is 4.53. The standard InChI is InChI=1S/C15H31NO2/c1-11(2)13-7-6-12(3)8-14(13)18-10-15(4,9-17)16-5/h11-14,16-17H,6-10H2,1-5H3. The smallest absolute Gasteiger partial charge is 0.0671 e. The lowest BCUT2D eigenvalue weighted by Gasteiger charge is -2.39. The molecule has 0 aromatic heterocycles. The van der Waals surface area contributed by atoms with Crippen molar-refractivity contribution in [3.63, 3.8) is 0 Å². The van der Waals surface area contributed by atoms with Crippen molar-refractivity contribution in [2.24, 2.45) is 17.8 Å². The first-order valence-corrected chi connectivity index (χ1v) is 7.33. The maximum atomic E-state index is 9.40. The Labute approximate surface area is 112 Å². The van der Waals surface area contributed by atoms with Crippen LogP contribution in [0.3, 0.4) is 0 Å². The number of hydrogen-bond donors (Lipinski definition) is 2. The second-order valence-corrected chi connectivity index (χ2v) is 6.64. The highest BCUT2D eigenvalue weighted by Crippen LogP contribution is 2.35. The first-order chi connectivity index (χ1) is 8.41. The van der Waals surface area contributed by atoms with E-state index in [2.05, 4.69) is 26.1 Å². The number of ether oxygens (including phenoxy) is 1. The molecule has 1 fully saturated rings. The van der Waals surface area contributed by atoms with Crippen molar-refractivity contribution in [3.05, 3.63) is 0 Å². The van der Waals surface area contributed by atoms with Gasteiger partial charge in [0.15, 0.2) is 0 Å². The third-order valence-corrected chi connectivity index (χ3v) is 4.53. The number of nitrogens with one attached hydrogen (secondary N) is 1. The number of rotatable bonds is 6. The van der Waals surface area contributed by atoms with Gasteiger partial charge < -0.3 is 15.2 Å². The van der Waals surface area contributed by atoms with E-state index in [4.69, 9.17) is 4.74 Å². The first-order valence-electron chi connectivity index (χ1n) is 7.33. The number of likely N-dealkylation sites (N-methyl/N-ethyl adjacent to an activating group) is 1. The summed E-state index contributed by atoms with van der Waals surface area (Å²) in [5, 5.41) is 12.5. The minimum atomic E-state index is -0.317. The lowest BCUT2D eigenvalue weighted by Crippen LogP contribution is -2.49. The van der Waals surface area contributed by atoms with E-state index in [0.717, 1.165) is 12.3 Å². The minimum absolute atomic E-state index is 0.109. The number of hydrogen-bond acceptors (Lipinski definition) is 3. The highest BCUT2D eigenvalue weighted by atomic mass is 16.5. The maximum Gasteiger partial charge on any atom is 0.0671 e. The Morgan fingerprint density at radius 2 is 2.06 bits per heavy atom. The van der Waals surface area contributed by atoms with Gasteiger partial charge in [0, 0.05) is 0 Å². The van der Waals surface area contributed by atoms with Gasteiger partial charge in [-0.3, -0.25) is 0 Å². The molecule has 0 heterocycles. The summed E-state index contributed by atoms with van der Waals surface area (Å²) < 4.78 is 6.15. The molecule has 4 unspecified atom stereocenters. The molecule has 1 saturated carbocycles. The molecule has 0 amide bonds. The van der Waals surface area contributed by atoms with Crippen LogP contribution in [0.2, 0.25) is 0 Å². The molecule has 0 spiro atoms. The molecule has 0 radical (unpaired) electrons. The lowest BCUT2D eigenvalue weighted by atomic mass is 9.75. The van der Waals surface area contributed by atoms with Crippen molar-refractivity contribution in [1.82, 2.24) is 5.32 Å². The summed E-state index contributed by atoms with van der Waals surface area (Å²) >= 11 is 0. The second-order valence-electron chi connectivity index (χ2n) is 6.64. The van der Waals surface area contributed by atoms with Gasteiger partial charge >= 0.3 is 0 Å². The van der Waals surface area contributed by atoms with Crippen LogP contribution in [-0.4, -0.2) is 37.0 Å². The summed E-state index contributed by atoms with van der Waals surface area (Å²) in [6.45, 7) is 9.60.